The lowest BCUT2D eigenvalue weighted by Gasteiger charge is -2.27. The normalized spacial score (nSPS) is 15.2. The highest BCUT2D eigenvalue weighted by atomic mass is 32.1. The third-order valence-corrected chi connectivity index (χ3v) is 4.04. The molecule has 2 N–H and O–H groups in total. The van der Waals surface area contributed by atoms with Crippen molar-refractivity contribution in [1.82, 2.24) is 4.90 Å². The van der Waals surface area contributed by atoms with Crippen LogP contribution in [0.15, 0.2) is 59.6 Å². The van der Waals surface area contributed by atoms with E-state index in [1.54, 1.807) is 18.2 Å². The molecule has 0 unspecified atom stereocenters. The molecule has 1 saturated heterocycles. The van der Waals surface area contributed by atoms with Gasteiger partial charge in [-0.05, 0) is 24.4 Å². The Hall–Kier alpha value is -2.44. The SMILES string of the molecule is Oc1ccccc1N/C(=N/C(=S)N1CCOCC1)c1ccccc1. The van der Waals surface area contributed by atoms with Gasteiger partial charge < -0.3 is 20.1 Å². The fraction of sp³-hybridized carbons (Fsp3) is 0.222. The van der Waals surface area contributed by atoms with E-state index in [1.165, 1.54) is 0 Å². The quantitative estimate of drug-likeness (QED) is 0.381. The van der Waals surface area contributed by atoms with Crippen molar-refractivity contribution in [3.05, 3.63) is 60.2 Å². The van der Waals surface area contributed by atoms with E-state index in [-0.39, 0.29) is 5.75 Å². The zero-order valence-corrected chi connectivity index (χ0v) is 14.0. The van der Waals surface area contributed by atoms with Gasteiger partial charge in [0.2, 0.25) is 0 Å². The largest absolute Gasteiger partial charge is 0.506 e. The van der Waals surface area contributed by atoms with Gasteiger partial charge >= 0.3 is 0 Å². The maximum absolute atomic E-state index is 10.0. The van der Waals surface area contributed by atoms with Gasteiger partial charge in [0.25, 0.3) is 0 Å². The summed E-state index contributed by atoms with van der Waals surface area (Å²) in [5, 5.41) is 13.7. The van der Waals surface area contributed by atoms with Gasteiger partial charge in [-0.3, -0.25) is 0 Å². The Balaban J connectivity index is 1.88. The fourth-order valence-corrected chi connectivity index (χ4v) is 2.66. The Bertz CT molecular complexity index is 728. The van der Waals surface area contributed by atoms with Crippen molar-refractivity contribution in [2.75, 3.05) is 31.6 Å². The van der Waals surface area contributed by atoms with Crippen LogP contribution in [0.4, 0.5) is 5.69 Å². The van der Waals surface area contributed by atoms with Gasteiger partial charge in [0, 0.05) is 18.7 Å². The molecule has 0 atom stereocenters. The Kier molecular flexibility index (Phi) is 5.40. The molecule has 0 saturated carbocycles. The average molecular weight is 341 g/mol. The summed E-state index contributed by atoms with van der Waals surface area (Å²) in [6.07, 6.45) is 0. The summed E-state index contributed by atoms with van der Waals surface area (Å²) in [6.45, 7) is 2.79. The van der Waals surface area contributed by atoms with Gasteiger partial charge in [0.05, 0.1) is 18.9 Å². The fourth-order valence-electron chi connectivity index (χ4n) is 2.39. The van der Waals surface area contributed by atoms with Gasteiger partial charge in [0.15, 0.2) is 5.11 Å². The van der Waals surface area contributed by atoms with Crippen LogP contribution in [-0.4, -0.2) is 47.3 Å². The molecule has 0 aromatic heterocycles. The van der Waals surface area contributed by atoms with Crippen LogP contribution in [0.5, 0.6) is 5.75 Å². The van der Waals surface area contributed by atoms with Crippen molar-refractivity contribution in [2.45, 2.75) is 0 Å². The predicted octanol–water partition coefficient (Wildman–Crippen LogP) is 2.87. The van der Waals surface area contributed by atoms with Crippen molar-refractivity contribution in [3.8, 4) is 5.75 Å². The highest BCUT2D eigenvalue weighted by molar-refractivity contribution is 7.80. The van der Waals surface area contributed by atoms with E-state index >= 15 is 0 Å². The number of hydrogen-bond acceptors (Lipinski definition) is 3. The molecule has 2 aromatic rings. The second kappa shape index (κ2) is 7.90. The number of para-hydroxylation sites is 2. The highest BCUT2D eigenvalue weighted by Gasteiger charge is 2.15. The second-order valence-corrected chi connectivity index (χ2v) is 5.72. The first kappa shape index (κ1) is 16.4. The molecule has 24 heavy (non-hydrogen) atoms. The molecule has 0 amide bonds. The van der Waals surface area contributed by atoms with E-state index in [0.29, 0.717) is 29.8 Å². The zero-order chi connectivity index (χ0) is 16.8. The molecule has 0 spiro atoms. The minimum absolute atomic E-state index is 0.165. The van der Waals surface area contributed by atoms with Crippen LogP contribution in [0.1, 0.15) is 5.56 Å². The average Bonchev–Trinajstić information content (AvgIpc) is 2.64. The third-order valence-electron chi connectivity index (χ3n) is 3.69. The minimum atomic E-state index is 0.165. The topological polar surface area (TPSA) is 57.1 Å². The second-order valence-electron chi connectivity index (χ2n) is 5.35. The van der Waals surface area contributed by atoms with Crippen LogP contribution in [0.2, 0.25) is 0 Å². The standard InChI is InChI=1S/C18H19N3O2S/c22-16-9-5-4-8-15(16)19-17(14-6-2-1-3-7-14)20-18(24)21-10-12-23-13-11-21/h1-9,22H,10-13H2,(H,19,20,24). The number of phenolic OH excluding ortho intramolecular Hbond substituents is 1. The molecule has 124 valence electrons. The third kappa shape index (κ3) is 4.10. The molecule has 1 heterocycles. The van der Waals surface area contributed by atoms with Gasteiger partial charge in [-0.2, -0.15) is 0 Å². The van der Waals surface area contributed by atoms with Gasteiger partial charge in [0.1, 0.15) is 11.6 Å². The molecular formula is C18H19N3O2S. The number of hydrogen-bond donors (Lipinski definition) is 2. The number of thiocarbonyl (C=S) groups is 1. The molecule has 0 aliphatic carbocycles. The molecule has 6 heteroatoms. The number of aliphatic imine (C=N–C) groups is 1. The van der Waals surface area contributed by atoms with Crippen LogP contribution in [0, 0.1) is 0 Å². The van der Waals surface area contributed by atoms with E-state index in [2.05, 4.69) is 10.3 Å². The zero-order valence-electron chi connectivity index (χ0n) is 13.2. The molecule has 0 radical (unpaired) electrons. The predicted molar refractivity (Wildman–Crippen MR) is 99.7 cm³/mol. The Morgan fingerprint density at radius 1 is 1.04 bits per heavy atom. The van der Waals surface area contributed by atoms with E-state index in [4.69, 9.17) is 17.0 Å². The molecule has 3 rings (SSSR count). The summed E-state index contributed by atoms with van der Waals surface area (Å²) in [5.74, 6) is 0.770. The van der Waals surface area contributed by atoms with Crippen molar-refractivity contribution in [2.24, 2.45) is 4.99 Å². The first-order valence-corrected chi connectivity index (χ1v) is 8.20. The number of ether oxygens (including phenoxy) is 1. The molecule has 0 bridgehead atoms. The smallest absolute Gasteiger partial charge is 0.197 e. The summed E-state index contributed by atoms with van der Waals surface area (Å²) >= 11 is 5.48. The number of nitrogens with zero attached hydrogens (tertiary/aromatic N) is 2. The lowest BCUT2D eigenvalue weighted by molar-refractivity contribution is 0.0686. The van der Waals surface area contributed by atoms with Crippen molar-refractivity contribution >= 4 is 28.9 Å². The van der Waals surface area contributed by atoms with Gasteiger partial charge in [-0.25, -0.2) is 4.99 Å². The molecule has 5 nitrogen and oxygen atoms in total. The van der Waals surface area contributed by atoms with Crippen LogP contribution in [0.25, 0.3) is 0 Å². The van der Waals surface area contributed by atoms with Gasteiger partial charge in [-0.15, -0.1) is 0 Å². The van der Waals surface area contributed by atoms with E-state index in [9.17, 15) is 5.11 Å². The molecule has 2 aromatic carbocycles. The molecule has 1 aliphatic heterocycles. The lowest BCUT2D eigenvalue weighted by atomic mass is 10.2. The number of aromatic hydroxyl groups is 1. The molecular weight excluding hydrogens is 322 g/mol. The highest BCUT2D eigenvalue weighted by Crippen LogP contribution is 2.22. The summed E-state index contributed by atoms with van der Waals surface area (Å²) in [5.41, 5.74) is 1.49. The summed E-state index contributed by atoms with van der Waals surface area (Å²) in [6, 6.07) is 16.8. The number of amidine groups is 1. The van der Waals surface area contributed by atoms with E-state index in [1.807, 2.05) is 41.3 Å². The first-order chi connectivity index (χ1) is 11.7. The minimum Gasteiger partial charge on any atom is -0.506 e. The number of benzene rings is 2. The summed E-state index contributed by atoms with van der Waals surface area (Å²) < 4.78 is 5.35. The Morgan fingerprint density at radius 3 is 2.42 bits per heavy atom. The number of anilines is 1. The summed E-state index contributed by atoms with van der Waals surface area (Å²) in [4.78, 5) is 6.63. The lowest BCUT2D eigenvalue weighted by Crippen LogP contribution is -2.39. The van der Waals surface area contributed by atoms with Crippen molar-refractivity contribution < 1.29 is 9.84 Å². The number of nitrogens with one attached hydrogen (secondary N) is 1. The van der Waals surface area contributed by atoms with Crippen LogP contribution in [-0.2, 0) is 4.74 Å². The number of rotatable bonds is 2. The number of morpholine rings is 1. The maximum Gasteiger partial charge on any atom is 0.197 e. The van der Waals surface area contributed by atoms with Crippen molar-refractivity contribution in [3.63, 3.8) is 0 Å². The van der Waals surface area contributed by atoms with Gasteiger partial charge in [-0.1, -0.05) is 42.5 Å². The van der Waals surface area contributed by atoms with Crippen LogP contribution < -0.4 is 5.32 Å². The maximum atomic E-state index is 10.0. The van der Waals surface area contributed by atoms with Crippen LogP contribution >= 0.6 is 12.2 Å². The van der Waals surface area contributed by atoms with E-state index < -0.39 is 0 Å². The van der Waals surface area contributed by atoms with Crippen LogP contribution in [0.3, 0.4) is 0 Å². The Labute approximate surface area is 146 Å². The molecule has 1 fully saturated rings. The Morgan fingerprint density at radius 2 is 1.71 bits per heavy atom. The molecule has 1 aliphatic rings. The number of phenols is 1. The van der Waals surface area contributed by atoms with E-state index in [0.717, 1.165) is 18.7 Å². The summed E-state index contributed by atoms with van der Waals surface area (Å²) in [7, 11) is 0. The first-order valence-electron chi connectivity index (χ1n) is 7.80. The monoisotopic (exact) mass is 341 g/mol. The van der Waals surface area contributed by atoms with Crippen molar-refractivity contribution in [1.29, 1.82) is 0 Å².